The third-order valence-corrected chi connectivity index (χ3v) is 4.00. The fourth-order valence-electron chi connectivity index (χ4n) is 2.20. The molecule has 0 unspecified atom stereocenters. The largest absolute Gasteiger partial charge is 0.372 e. The van der Waals surface area contributed by atoms with Gasteiger partial charge < -0.3 is 4.90 Å². The maximum atomic E-state index is 4.17. The molecule has 0 saturated carbocycles. The minimum atomic E-state index is 1.01. The van der Waals surface area contributed by atoms with Crippen molar-refractivity contribution in [2.75, 3.05) is 18.0 Å². The first-order valence-corrected chi connectivity index (χ1v) is 6.80. The maximum absolute atomic E-state index is 4.17. The maximum Gasteiger partial charge on any atom is 0.147 e. The van der Waals surface area contributed by atoms with Crippen LogP contribution in [0.3, 0.4) is 0 Å². The number of benzene rings is 1. The molecule has 1 saturated heterocycles. The van der Waals surface area contributed by atoms with E-state index in [0.717, 1.165) is 10.0 Å². The lowest BCUT2D eigenvalue weighted by atomic mass is 10.2. The molecule has 0 atom stereocenters. The predicted octanol–water partition coefficient (Wildman–Crippen LogP) is 3.11. The molecule has 0 spiro atoms. The molecular weight excluding hydrogens is 230 g/mol. The predicted molar refractivity (Wildman–Crippen MR) is 71.5 cm³/mol. The zero-order valence-corrected chi connectivity index (χ0v) is 10.7. The molecule has 0 radical (unpaired) electrons. The van der Waals surface area contributed by atoms with Crippen molar-refractivity contribution in [3.05, 3.63) is 29.3 Å². The second-order valence-corrected chi connectivity index (χ2v) is 5.55. The van der Waals surface area contributed by atoms with Crippen LogP contribution in [0, 0.1) is 6.92 Å². The Labute approximate surface area is 105 Å². The number of anilines is 1. The average molecular weight is 245 g/mol. The van der Waals surface area contributed by atoms with Gasteiger partial charge in [0.2, 0.25) is 0 Å². The molecule has 0 aliphatic carbocycles. The van der Waals surface area contributed by atoms with Gasteiger partial charge in [-0.1, -0.05) is 11.3 Å². The fourth-order valence-corrected chi connectivity index (χ4v) is 2.90. The lowest BCUT2D eigenvalue weighted by Gasteiger charge is -2.17. The zero-order valence-electron chi connectivity index (χ0n) is 9.89. The van der Waals surface area contributed by atoms with Crippen LogP contribution in [0.25, 0.3) is 10.6 Å². The van der Waals surface area contributed by atoms with E-state index in [1.807, 2.05) is 6.92 Å². The van der Waals surface area contributed by atoms with Crippen molar-refractivity contribution < 1.29 is 0 Å². The van der Waals surface area contributed by atoms with Crippen LogP contribution in [0.15, 0.2) is 24.3 Å². The molecule has 1 aliphatic heterocycles. The molecule has 0 amide bonds. The van der Waals surface area contributed by atoms with E-state index in [1.54, 1.807) is 11.3 Å². The molecule has 0 bridgehead atoms. The number of rotatable bonds is 2. The normalized spacial score (nSPS) is 15.5. The van der Waals surface area contributed by atoms with E-state index >= 15 is 0 Å². The van der Waals surface area contributed by atoms with Crippen LogP contribution >= 0.6 is 11.3 Å². The summed E-state index contributed by atoms with van der Waals surface area (Å²) in [5, 5.41) is 10.2. The Morgan fingerprint density at radius 3 is 2.35 bits per heavy atom. The highest BCUT2D eigenvalue weighted by molar-refractivity contribution is 7.14. The molecule has 17 heavy (non-hydrogen) atoms. The molecule has 1 aromatic heterocycles. The van der Waals surface area contributed by atoms with Crippen LogP contribution in [-0.2, 0) is 0 Å². The summed E-state index contributed by atoms with van der Waals surface area (Å²) in [5.41, 5.74) is 2.49. The lowest BCUT2D eigenvalue weighted by Crippen LogP contribution is -2.17. The van der Waals surface area contributed by atoms with Gasteiger partial charge in [-0.25, -0.2) is 0 Å². The second-order valence-electron chi connectivity index (χ2n) is 4.37. The summed E-state index contributed by atoms with van der Waals surface area (Å²) in [7, 11) is 0. The molecule has 2 heterocycles. The van der Waals surface area contributed by atoms with Crippen LogP contribution in [0.5, 0.6) is 0 Å². The quantitative estimate of drug-likeness (QED) is 0.814. The SMILES string of the molecule is Cc1nnc(-c2ccc(N3CCCC3)cc2)s1. The molecule has 1 aliphatic rings. The Kier molecular flexibility index (Phi) is 2.81. The van der Waals surface area contributed by atoms with Crippen molar-refractivity contribution in [1.29, 1.82) is 0 Å². The third-order valence-electron chi connectivity index (χ3n) is 3.11. The van der Waals surface area contributed by atoms with Crippen LogP contribution in [0.2, 0.25) is 0 Å². The van der Waals surface area contributed by atoms with Gasteiger partial charge in [0.15, 0.2) is 0 Å². The Morgan fingerprint density at radius 1 is 1.06 bits per heavy atom. The van der Waals surface area contributed by atoms with Crippen molar-refractivity contribution in [3.63, 3.8) is 0 Å². The summed E-state index contributed by atoms with van der Waals surface area (Å²) < 4.78 is 0. The van der Waals surface area contributed by atoms with Crippen molar-refractivity contribution in [2.24, 2.45) is 0 Å². The first-order valence-electron chi connectivity index (χ1n) is 5.98. The van der Waals surface area contributed by atoms with Gasteiger partial charge in [-0.3, -0.25) is 0 Å². The van der Waals surface area contributed by atoms with E-state index < -0.39 is 0 Å². The van der Waals surface area contributed by atoms with E-state index in [1.165, 1.54) is 37.2 Å². The van der Waals surface area contributed by atoms with Gasteiger partial charge in [0.1, 0.15) is 10.0 Å². The van der Waals surface area contributed by atoms with Crippen LogP contribution in [0.4, 0.5) is 5.69 Å². The smallest absolute Gasteiger partial charge is 0.147 e. The van der Waals surface area contributed by atoms with Crippen LogP contribution in [0.1, 0.15) is 17.8 Å². The lowest BCUT2D eigenvalue weighted by molar-refractivity contribution is 0.949. The summed E-state index contributed by atoms with van der Waals surface area (Å²) in [5.74, 6) is 0. The zero-order chi connectivity index (χ0) is 11.7. The van der Waals surface area contributed by atoms with E-state index in [4.69, 9.17) is 0 Å². The van der Waals surface area contributed by atoms with Gasteiger partial charge >= 0.3 is 0 Å². The van der Waals surface area contributed by atoms with E-state index in [2.05, 4.69) is 39.4 Å². The minimum Gasteiger partial charge on any atom is -0.372 e. The highest BCUT2D eigenvalue weighted by Gasteiger charge is 2.12. The number of nitrogens with zero attached hydrogens (tertiary/aromatic N) is 3. The molecule has 1 fully saturated rings. The Hall–Kier alpha value is -1.42. The highest BCUT2D eigenvalue weighted by atomic mass is 32.1. The number of aryl methyl sites for hydroxylation is 1. The van der Waals surface area contributed by atoms with Crippen molar-refractivity contribution >= 4 is 17.0 Å². The van der Waals surface area contributed by atoms with Gasteiger partial charge in [0.25, 0.3) is 0 Å². The van der Waals surface area contributed by atoms with Crippen LogP contribution < -0.4 is 4.90 Å². The molecule has 88 valence electrons. The Morgan fingerprint density at radius 2 is 1.76 bits per heavy atom. The van der Waals surface area contributed by atoms with Gasteiger partial charge in [-0.15, -0.1) is 10.2 Å². The van der Waals surface area contributed by atoms with E-state index in [0.29, 0.717) is 0 Å². The van der Waals surface area contributed by atoms with Gasteiger partial charge in [-0.05, 0) is 44.0 Å². The van der Waals surface area contributed by atoms with Gasteiger partial charge in [0.05, 0.1) is 0 Å². The highest BCUT2D eigenvalue weighted by Crippen LogP contribution is 2.26. The molecule has 0 N–H and O–H groups in total. The van der Waals surface area contributed by atoms with E-state index in [-0.39, 0.29) is 0 Å². The van der Waals surface area contributed by atoms with E-state index in [9.17, 15) is 0 Å². The van der Waals surface area contributed by atoms with Gasteiger partial charge in [0, 0.05) is 24.3 Å². The molecule has 3 rings (SSSR count). The minimum absolute atomic E-state index is 1.01. The van der Waals surface area contributed by atoms with Crippen molar-refractivity contribution in [1.82, 2.24) is 10.2 Å². The molecule has 4 heteroatoms. The fraction of sp³-hybridized carbons (Fsp3) is 0.385. The summed E-state index contributed by atoms with van der Waals surface area (Å²) in [4.78, 5) is 2.44. The molecule has 3 nitrogen and oxygen atoms in total. The molecular formula is C13H15N3S. The second kappa shape index (κ2) is 4.45. The van der Waals surface area contributed by atoms with Crippen molar-refractivity contribution in [2.45, 2.75) is 19.8 Å². The summed E-state index contributed by atoms with van der Waals surface area (Å²) in [6, 6.07) is 8.68. The Bertz CT molecular complexity index is 498. The van der Waals surface area contributed by atoms with Crippen molar-refractivity contribution in [3.8, 4) is 10.6 Å². The number of hydrogen-bond donors (Lipinski definition) is 0. The van der Waals surface area contributed by atoms with Gasteiger partial charge in [-0.2, -0.15) is 0 Å². The summed E-state index contributed by atoms with van der Waals surface area (Å²) >= 11 is 1.64. The Balaban J connectivity index is 1.84. The number of aromatic nitrogens is 2. The van der Waals surface area contributed by atoms with Crippen LogP contribution in [-0.4, -0.2) is 23.3 Å². The molecule has 2 aromatic rings. The number of hydrogen-bond acceptors (Lipinski definition) is 4. The molecule has 1 aromatic carbocycles. The monoisotopic (exact) mass is 245 g/mol. The topological polar surface area (TPSA) is 29.0 Å². The standard InChI is InChI=1S/C13H15N3S/c1-10-14-15-13(17-10)11-4-6-12(7-5-11)16-8-2-3-9-16/h4-7H,2-3,8-9H2,1H3. The summed E-state index contributed by atoms with van der Waals surface area (Å²) in [6.45, 7) is 4.37. The average Bonchev–Trinajstić information content (AvgIpc) is 3.00. The third kappa shape index (κ3) is 2.17. The first kappa shape index (κ1) is 10.7. The first-order chi connectivity index (χ1) is 8.33. The summed E-state index contributed by atoms with van der Waals surface area (Å²) in [6.07, 6.45) is 2.63.